The minimum Gasteiger partial charge on any atom is -0.385 e. The molecule has 7 heteroatoms. The fourth-order valence-electron chi connectivity index (χ4n) is 3.40. The minimum absolute atomic E-state index is 0.252. The Morgan fingerprint density at radius 2 is 1.88 bits per heavy atom. The van der Waals surface area contributed by atoms with E-state index in [4.69, 9.17) is 18.0 Å². The van der Waals surface area contributed by atoms with Crippen LogP contribution in [0.3, 0.4) is 0 Å². The van der Waals surface area contributed by atoms with E-state index in [1.807, 2.05) is 30.3 Å². The van der Waals surface area contributed by atoms with Gasteiger partial charge in [0.05, 0.1) is 11.3 Å². The van der Waals surface area contributed by atoms with Crippen LogP contribution in [0.25, 0.3) is 10.7 Å². The van der Waals surface area contributed by atoms with Gasteiger partial charge in [-0.25, -0.2) is 0 Å². The van der Waals surface area contributed by atoms with Gasteiger partial charge in [0.25, 0.3) is 5.56 Å². The van der Waals surface area contributed by atoms with Gasteiger partial charge >= 0.3 is 0 Å². The fourth-order valence-corrected chi connectivity index (χ4v) is 5.21. The molecule has 0 radical (unpaired) electrons. The van der Waals surface area contributed by atoms with E-state index in [0.717, 1.165) is 31.2 Å². The molecule has 130 valence electrons. The van der Waals surface area contributed by atoms with Crippen molar-refractivity contribution in [3.8, 4) is 16.8 Å². The Morgan fingerprint density at radius 1 is 1.15 bits per heavy atom. The van der Waals surface area contributed by atoms with Crippen LogP contribution in [0.15, 0.2) is 41.2 Å². The van der Waals surface area contributed by atoms with Crippen LogP contribution >= 0.6 is 23.6 Å². The molecule has 2 heterocycles. The highest BCUT2D eigenvalue weighted by Crippen LogP contribution is 2.37. The molecule has 2 aromatic heterocycles. The predicted octanol–water partition coefficient (Wildman–Crippen LogP) is 3.75. The molecule has 0 unspecified atom stereocenters. The molecule has 3 aromatic rings. The van der Waals surface area contributed by atoms with E-state index >= 15 is 0 Å². The Hall–Kier alpha value is -2.69. The molecule has 0 saturated heterocycles. The number of rotatable bonds is 2. The summed E-state index contributed by atoms with van der Waals surface area (Å²) in [4.78, 5) is 13.8. The zero-order chi connectivity index (χ0) is 18.3. The van der Waals surface area contributed by atoms with Gasteiger partial charge in [-0.3, -0.25) is 13.9 Å². The minimum atomic E-state index is -0.283. The van der Waals surface area contributed by atoms with E-state index < -0.39 is 0 Å². The maximum Gasteiger partial charge on any atom is 0.260 e. The first-order valence-electron chi connectivity index (χ1n) is 8.37. The average Bonchev–Trinajstić information content (AvgIpc) is 3.00. The summed E-state index contributed by atoms with van der Waals surface area (Å²) >= 11 is 7.18. The number of nitrogens with zero attached hydrogens (tertiary/aromatic N) is 3. The third-order valence-corrected chi connectivity index (χ3v) is 6.26. The smallest absolute Gasteiger partial charge is 0.260 e. The standard InChI is InChI=1S/C19H16N4OS2/c20-11-14-13-8-4-5-9-15(13)26-18(14)23-16(21)10-17(24)22(19(23)25)12-6-2-1-3-7-12/h1-3,6-7,10H,4-5,8-9,21H2. The number of aryl methyl sites for hydroxylation is 1. The molecule has 1 aliphatic rings. The maximum atomic E-state index is 12.5. The molecular formula is C19H16N4OS2. The van der Waals surface area contributed by atoms with Crippen LogP contribution in [0, 0.1) is 16.1 Å². The lowest BCUT2D eigenvalue weighted by atomic mass is 9.96. The van der Waals surface area contributed by atoms with Crippen molar-refractivity contribution in [3.63, 3.8) is 0 Å². The van der Waals surface area contributed by atoms with Crippen molar-refractivity contribution in [3.05, 3.63) is 67.5 Å². The van der Waals surface area contributed by atoms with Crippen LogP contribution in [0.1, 0.15) is 28.8 Å². The summed E-state index contributed by atoms with van der Waals surface area (Å²) < 4.78 is 3.38. The number of nitriles is 1. The van der Waals surface area contributed by atoms with Crippen LogP contribution in [0.2, 0.25) is 0 Å². The van der Waals surface area contributed by atoms with Gasteiger partial charge in [0, 0.05) is 10.9 Å². The maximum absolute atomic E-state index is 12.5. The van der Waals surface area contributed by atoms with E-state index in [9.17, 15) is 10.1 Å². The third kappa shape index (κ3) is 2.59. The van der Waals surface area contributed by atoms with Crippen LogP contribution in [0.4, 0.5) is 5.82 Å². The van der Waals surface area contributed by atoms with Gasteiger partial charge in [-0.05, 0) is 55.6 Å². The van der Waals surface area contributed by atoms with Gasteiger partial charge in [-0.2, -0.15) is 5.26 Å². The van der Waals surface area contributed by atoms with Gasteiger partial charge < -0.3 is 5.73 Å². The second kappa shape index (κ2) is 6.56. The molecule has 0 bridgehead atoms. The molecule has 0 aliphatic heterocycles. The topological polar surface area (TPSA) is 76.7 Å². The largest absolute Gasteiger partial charge is 0.385 e. The molecule has 0 fully saturated rings. The van der Waals surface area contributed by atoms with Crippen molar-refractivity contribution in [2.45, 2.75) is 25.7 Å². The number of anilines is 1. The molecule has 1 aliphatic carbocycles. The summed E-state index contributed by atoms with van der Waals surface area (Å²) in [7, 11) is 0. The number of nitrogen functional groups attached to an aromatic ring is 1. The zero-order valence-electron chi connectivity index (χ0n) is 13.9. The zero-order valence-corrected chi connectivity index (χ0v) is 15.6. The summed E-state index contributed by atoms with van der Waals surface area (Å²) in [6, 6.07) is 12.9. The average molecular weight is 380 g/mol. The first-order valence-corrected chi connectivity index (χ1v) is 9.59. The molecule has 0 saturated carbocycles. The number of hydrogen-bond acceptors (Lipinski definition) is 5. The summed E-state index contributed by atoms with van der Waals surface area (Å²) in [5.74, 6) is 0.252. The third-order valence-electron chi connectivity index (χ3n) is 4.61. The van der Waals surface area contributed by atoms with E-state index in [-0.39, 0.29) is 16.1 Å². The van der Waals surface area contributed by atoms with Crippen molar-refractivity contribution in [1.82, 2.24) is 9.13 Å². The Balaban J connectivity index is 2.03. The van der Waals surface area contributed by atoms with Crippen molar-refractivity contribution < 1.29 is 0 Å². The SMILES string of the molecule is N#Cc1c(-n2c(N)cc(=O)n(-c3ccccc3)c2=S)sc2c1CCCC2. The van der Waals surface area contributed by atoms with Crippen molar-refractivity contribution in [1.29, 1.82) is 5.26 Å². The molecule has 1 aromatic carbocycles. The van der Waals surface area contributed by atoms with Gasteiger partial charge in [-0.1, -0.05) is 18.2 Å². The molecule has 0 amide bonds. The highest BCUT2D eigenvalue weighted by Gasteiger charge is 2.23. The quantitative estimate of drug-likeness (QED) is 0.687. The number of fused-ring (bicyclic) bond motifs is 1. The van der Waals surface area contributed by atoms with Gasteiger partial charge in [0.2, 0.25) is 0 Å². The van der Waals surface area contributed by atoms with Gasteiger partial charge in [0.15, 0.2) is 4.77 Å². The highest BCUT2D eigenvalue weighted by molar-refractivity contribution is 7.71. The molecule has 2 N–H and O–H groups in total. The molecule has 26 heavy (non-hydrogen) atoms. The normalized spacial score (nSPS) is 13.2. The second-order valence-electron chi connectivity index (χ2n) is 6.20. The second-order valence-corrected chi connectivity index (χ2v) is 7.65. The lowest BCUT2D eigenvalue weighted by Gasteiger charge is -2.14. The van der Waals surface area contributed by atoms with E-state index in [1.54, 1.807) is 15.9 Å². The van der Waals surface area contributed by atoms with E-state index in [1.165, 1.54) is 15.5 Å². The Kier molecular flexibility index (Phi) is 4.23. The number of para-hydroxylation sites is 1. The van der Waals surface area contributed by atoms with Crippen LogP contribution < -0.4 is 11.3 Å². The summed E-state index contributed by atoms with van der Waals surface area (Å²) in [6.07, 6.45) is 4.09. The molecule has 0 spiro atoms. The number of benzene rings is 1. The summed E-state index contributed by atoms with van der Waals surface area (Å²) in [5, 5.41) is 10.5. The van der Waals surface area contributed by atoms with E-state index in [2.05, 4.69) is 6.07 Å². The lowest BCUT2D eigenvalue weighted by molar-refractivity contribution is 0.695. The number of hydrogen-bond donors (Lipinski definition) is 1. The van der Waals surface area contributed by atoms with Gasteiger partial charge in [-0.15, -0.1) is 11.3 Å². The summed E-state index contributed by atoms with van der Waals surface area (Å²) in [6.45, 7) is 0. The van der Waals surface area contributed by atoms with Crippen LogP contribution in [-0.2, 0) is 12.8 Å². The summed E-state index contributed by atoms with van der Waals surface area (Å²) in [5.41, 5.74) is 8.30. The molecular weight excluding hydrogens is 364 g/mol. The van der Waals surface area contributed by atoms with E-state index in [0.29, 0.717) is 16.3 Å². The lowest BCUT2D eigenvalue weighted by Crippen LogP contribution is -2.24. The monoisotopic (exact) mass is 380 g/mol. The first-order chi connectivity index (χ1) is 12.6. The number of thiophene rings is 1. The molecule has 4 rings (SSSR count). The fraction of sp³-hybridized carbons (Fsp3) is 0.211. The van der Waals surface area contributed by atoms with Crippen molar-refractivity contribution in [2.24, 2.45) is 0 Å². The first kappa shape index (κ1) is 16.8. The number of nitrogens with two attached hydrogens (primary N) is 1. The van der Waals surface area contributed by atoms with Crippen LogP contribution in [0.5, 0.6) is 0 Å². The Morgan fingerprint density at radius 3 is 2.62 bits per heavy atom. The van der Waals surface area contributed by atoms with Crippen LogP contribution in [-0.4, -0.2) is 9.13 Å². The molecule has 0 atom stereocenters. The van der Waals surface area contributed by atoms with Gasteiger partial charge in [0.1, 0.15) is 16.9 Å². The van der Waals surface area contributed by atoms with Crippen molar-refractivity contribution >= 4 is 29.4 Å². The highest BCUT2D eigenvalue weighted by atomic mass is 32.1. The number of aromatic nitrogens is 2. The predicted molar refractivity (Wildman–Crippen MR) is 106 cm³/mol. The Bertz CT molecular complexity index is 1150. The Labute approximate surface area is 159 Å². The van der Waals surface area contributed by atoms with Crippen molar-refractivity contribution in [2.75, 3.05) is 5.73 Å². The molecule has 5 nitrogen and oxygen atoms in total.